The molecule has 28 heavy (non-hydrogen) atoms. The van der Waals surface area contributed by atoms with E-state index in [1.54, 1.807) is 6.20 Å². The highest BCUT2D eigenvalue weighted by Gasteiger charge is 2.18. The molecule has 2 N–H and O–H groups in total. The first-order chi connectivity index (χ1) is 13.3. The zero-order valence-corrected chi connectivity index (χ0v) is 16.7. The number of rotatable bonds is 5. The minimum absolute atomic E-state index is 0.00439. The Kier molecular flexibility index (Phi) is 5.73. The maximum Gasteiger partial charge on any atom is 0.271 e. The molecule has 2 aromatic carbocycles. The van der Waals surface area contributed by atoms with Crippen molar-refractivity contribution in [2.24, 2.45) is 0 Å². The van der Waals surface area contributed by atoms with Gasteiger partial charge in [-0.2, -0.15) is 0 Å². The Morgan fingerprint density at radius 1 is 0.929 bits per heavy atom. The zero-order valence-electron chi connectivity index (χ0n) is 16.7. The fraction of sp³-hybridized carbons (Fsp3) is 0.261. The van der Waals surface area contributed by atoms with Gasteiger partial charge in [0.25, 0.3) is 5.91 Å². The third-order valence-corrected chi connectivity index (χ3v) is 4.53. The maximum absolute atomic E-state index is 12.4. The number of amides is 1. The van der Waals surface area contributed by atoms with E-state index in [4.69, 9.17) is 0 Å². The van der Waals surface area contributed by atoms with Gasteiger partial charge >= 0.3 is 0 Å². The van der Waals surface area contributed by atoms with Crippen molar-refractivity contribution in [2.75, 3.05) is 5.32 Å². The van der Waals surface area contributed by atoms with E-state index >= 15 is 0 Å². The third-order valence-electron chi connectivity index (χ3n) is 4.53. The van der Waals surface area contributed by atoms with Crippen molar-refractivity contribution in [3.63, 3.8) is 0 Å². The SMILES string of the molecule is CC(NC(=O)c1cnc(Nc2ccccc2C(C)(C)C)cn1)c1ccccc1. The predicted molar refractivity (Wildman–Crippen MR) is 113 cm³/mol. The summed E-state index contributed by atoms with van der Waals surface area (Å²) in [7, 11) is 0. The van der Waals surface area contributed by atoms with Crippen molar-refractivity contribution < 1.29 is 4.79 Å². The van der Waals surface area contributed by atoms with E-state index in [0.717, 1.165) is 11.3 Å². The number of hydrogen-bond donors (Lipinski definition) is 2. The lowest BCUT2D eigenvalue weighted by Crippen LogP contribution is -2.27. The molecule has 0 saturated carbocycles. The molecule has 3 aromatic rings. The predicted octanol–water partition coefficient (Wildman–Crippen LogP) is 5.01. The second-order valence-corrected chi connectivity index (χ2v) is 7.81. The van der Waals surface area contributed by atoms with E-state index in [1.165, 1.54) is 11.8 Å². The molecule has 1 heterocycles. The molecule has 1 atom stereocenters. The molecule has 5 heteroatoms. The van der Waals surface area contributed by atoms with Crippen LogP contribution in [0.3, 0.4) is 0 Å². The van der Waals surface area contributed by atoms with Crippen LogP contribution in [0.2, 0.25) is 0 Å². The number of hydrogen-bond acceptors (Lipinski definition) is 4. The van der Waals surface area contributed by atoms with Crippen LogP contribution in [0.5, 0.6) is 0 Å². The van der Waals surface area contributed by atoms with E-state index in [0.29, 0.717) is 5.82 Å². The number of nitrogens with zero attached hydrogens (tertiary/aromatic N) is 2. The number of carbonyl (C=O) groups is 1. The van der Waals surface area contributed by atoms with Crippen LogP contribution in [0.1, 0.15) is 55.4 Å². The lowest BCUT2D eigenvalue weighted by molar-refractivity contribution is 0.0934. The largest absolute Gasteiger partial charge is 0.344 e. The Balaban J connectivity index is 1.70. The number of aromatic nitrogens is 2. The van der Waals surface area contributed by atoms with Gasteiger partial charge in [0.15, 0.2) is 0 Å². The average molecular weight is 374 g/mol. The summed E-state index contributed by atoms with van der Waals surface area (Å²) in [4.78, 5) is 21.1. The highest BCUT2D eigenvalue weighted by Crippen LogP contribution is 2.30. The van der Waals surface area contributed by atoms with Crippen molar-refractivity contribution in [1.82, 2.24) is 15.3 Å². The molecule has 1 aromatic heterocycles. The van der Waals surface area contributed by atoms with Gasteiger partial charge in [-0.25, -0.2) is 9.97 Å². The summed E-state index contributed by atoms with van der Waals surface area (Å²) in [6, 6.07) is 17.8. The second kappa shape index (κ2) is 8.21. The van der Waals surface area contributed by atoms with Crippen LogP contribution in [-0.2, 0) is 5.41 Å². The highest BCUT2D eigenvalue weighted by atomic mass is 16.1. The first-order valence-electron chi connectivity index (χ1n) is 9.39. The molecule has 0 fully saturated rings. The maximum atomic E-state index is 12.4. The molecule has 1 unspecified atom stereocenters. The average Bonchev–Trinajstić information content (AvgIpc) is 2.69. The summed E-state index contributed by atoms with van der Waals surface area (Å²) in [5.41, 5.74) is 3.51. The Bertz CT molecular complexity index is 931. The first-order valence-corrected chi connectivity index (χ1v) is 9.39. The zero-order chi connectivity index (χ0) is 20.1. The van der Waals surface area contributed by atoms with Gasteiger partial charge < -0.3 is 10.6 Å². The Morgan fingerprint density at radius 3 is 2.25 bits per heavy atom. The van der Waals surface area contributed by atoms with Crippen molar-refractivity contribution in [3.05, 3.63) is 83.8 Å². The molecule has 0 aliphatic carbocycles. The number of carbonyl (C=O) groups excluding carboxylic acids is 1. The van der Waals surface area contributed by atoms with Crippen molar-refractivity contribution >= 4 is 17.4 Å². The quantitative estimate of drug-likeness (QED) is 0.659. The van der Waals surface area contributed by atoms with Crippen LogP contribution in [-0.4, -0.2) is 15.9 Å². The van der Waals surface area contributed by atoms with Crippen molar-refractivity contribution in [3.8, 4) is 0 Å². The van der Waals surface area contributed by atoms with Crippen LogP contribution in [0, 0.1) is 0 Å². The van der Waals surface area contributed by atoms with Crippen LogP contribution >= 0.6 is 0 Å². The van der Waals surface area contributed by atoms with Crippen molar-refractivity contribution in [1.29, 1.82) is 0 Å². The lowest BCUT2D eigenvalue weighted by atomic mass is 9.86. The topological polar surface area (TPSA) is 66.9 Å². The first kappa shape index (κ1) is 19.5. The molecular weight excluding hydrogens is 348 g/mol. The summed E-state index contributed by atoms with van der Waals surface area (Å²) in [5, 5.41) is 6.26. The van der Waals surface area contributed by atoms with Crippen LogP contribution in [0.15, 0.2) is 67.0 Å². The molecule has 1 amide bonds. The van der Waals surface area contributed by atoms with E-state index in [-0.39, 0.29) is 23.1 Å². The fourth-order valence-electron chi connectivity index (χ4n) is 2.99. The smallest absolute Gasteiger partial charge is 0.271 e. The van der Waals surface area contributed by atoms with Gasteiger partial charge in [-0.3, -0.25) is 4.79 Å². The van der Waals surface area contributed by atoms with E-state index in [9.17, 15) is 4.79 Å². The number of anilines is 2. The molecule has 3 rings (SSSR count). The number of nitrogens with one attached hydrogen (secondary N) is 2. The molecule has 0 aliphatic rings. The molecule has 0 saturated heterocycles. The van der Waals surface area contributed by atoms with Crippen molar-refractivity contribution in [2.45, 2.75) is 39.2 Å². The lowest BCUT2D eigenvalue weighted by Gasteiger charge is -2.23. The van der Waals surface area contributed by atoms with Gasteiger partial charge in [-0.1, -0.05) is 69.3 Å². The molecule has 0 bridgehead atoms. The monoisotopic (exact) mass is 374 g/mol. The van der Waals surface area contributed by atoms with Gasteiger partial charge in [0.2, 0.25) is 0 Å². The minimum atomic E-state index is -0.245. The summed E-state index contributed by atoms with van der Waals surface area (Å²) >= 11 is 0. The van der Waals surface area contributed by atoms with Crippen LogP contribution in [0.4, 0.5) is 11.5 Å². The number of para-hydroxylation sites is 1. The molecule has 5 nitrogen and oxygen atoms in total. The molecular formula is C23H26N4O. The number of benzene rings is 2. The van der Waals surface area contributed by atoms with Gasteiger partial charge in [0, 0.05) is 5.69 Å². The Hall–Kier alpha value is -3.21. The summed E-state index contributed by atoms with van der Waals surface area (Å²) in [6.45, 7) is 8.45. The van der Waals surface area contributed by atoms with Crippen LogP contribution < -0.4 is 10.6 Å². The van der Waals surface area contributed by atoms with Gasteiger partial charge in [-0.15, -0.1) is 0 Å². The van der Waals surface area contributed by atoms with E-state index in [2.05, 4.69) is 47.4 Å². The van der Waals surface area contributed by atoms with Gasteiger partial charge in [0.1, 0.15) is 11.5 Å². The fourth-order valence-corrected chi connectivity index (χ4v) is 2.99. The van der Waals surface area contributed by atoms with Gasteiger partial charge in [0.05, 0.1) is 18.4 Å². The highest BCUT2D eigenvalue weighted by molar-refractivity contribution is 5.92. The molecule has 0 spiro atoms. The summed E-state index contributed by atoms with van der Waals surface area (Å²) < 4.78 is 0. The third kappa shape index (κ3) is 4.74. The summed E-state index contributed by atoms with van der Waals surface area (Å²) in [5.74, 6) is 0.356. The Morgan fingerprint density at radius 2 is 1.61 bits per heavy atom. The summed E-state index contributed by atoms with van der Waals surface area (Å²) in [6.07, 6.45) is 3.08. The van der Waals surface area contributed by atoms with E-state index in [1.807, 2.05) is 55.5 Å². The van der Waals surface area contributed by atoms with E-state index < -0.39 is 0 Å². The molecule has 144 valence electrons. The Labute approximate surface area is 166 Å². The molecule has 0 radical (unpaired) electrons. The van der Waals surface area contributed by atoms with Gasteiger partial charge in [-0.05, 0) is 29.5 Å². The minimum Gasteiger partial charge on any atom is -0.344 e. The second-order valence-electron chi connectivity index (χ2n) is 7.81. The molecule has 0 aliphatic heterocycles. The van der Waals surface area contributed by atoms with Crippen LogP contribution in [0.25, 0.3) is 0 Å². The normalized spacial score (nSPS) is 12.3. The standard InChI is InChI=1S/C23H26N4O/c1-16(17-10-6-5-7-11-17)26-22(28)20-14-25-21(15-24-20)27-19-13-9-8-12-18(19)23(2,3)4/h5-16H,1-4H3,(H,25,27)(H,26,28).